The molecule has 0 saturated carbocycles. The summed E-state index contributed by atoms with van der Waals surface area (Å²) in [6, 6.07) is 7.99. The summed E-state index contributed by atoms with van der Waals surface area (Å²) in [5.41, 5.74) is 1.10. The molecule has 0 aliphatic rings. The topological polar surface area (TPSA) is 18.5 Å². The Morgan fingerprint density at radius 1 is 1.11 bits per heavy atom. The molecule has 0 amide bonds. The summed E-state index contributed by atoms with van der Waals surface area (Å²) >= 11 is 13.6. The van der Waals surface area contributed by atoms with E-state index in [2.05, 4.69) is 37.9 Å². The highest BCUT2D eigenvalue weighted by atomic mass is 79.9. The lowest BCUT2D eigenvalue weighted by Gasteiger charge is -2.31. The Morgan fingerprint density at radius 2 is 1.79 bits per heavy atom. The third-order valence-corrected chi connectivity index (χ3v) is 5.59. The Balaban J connectivity index is 2.71. The van der Waals surface area contributed by atoms with Crippen LogP contribution < -0.4 is 0 Å². The zero-order valence-corrected chi connectivity index (χ0v) is 14.9. The van der Waals surface area contributed by atoms with Crippen molar-refractivity contribution in [2.24, 2.45) is 0 Å². The molecule has 0 spiro atoms. The molecule has 1 aromatic carbocycles. The van der Waals surface area contributed by atoms with Crippen molar-refractivity contribution >= 4 is 43.5 Å². The third-order valence-electron chi connectivity index (χ3n) is 3.11. The van der Waals surface area contributed by atoms with Crippen molar-refractivity contribution in [1.82, 2.24) is 0 Å². The van der Waals surface area contributed by atoms with Crippen molar-refractivity contribution in [3.8, 4) is 0 Å². The number of rotatable bonds is 9. The SMILES string of the molecule is COCCOCCC(CBr)(CBr)c1ccccc1Cl. The molecule has 0 aliphatic carbocycles. The first-order valence-corrected chi connectivity index (χ1v) is 8.76. The van der Waals surface area contributed by atoms with E-state index in [1.54, 1.807) is 7.11 Å². The van der Waals surface area contributed by atoms with Crippen molar-refractivity contribution in [3.63, 3.8) is 0 Å². The van der Waals surface area contributed by atoms with Crippen molar-refractivity contribution in [1.29, 1.82) is 0 Å². The van der Waals surface area contributed by atoms with Crippen LogP contribution in [0, 0.1) is 0 Å². The maximum absolute atomic E-state index is 6.33. The summed E-state index contributed by atoms with van der Waals surface area (Å²) < 4.78 is 10.6. The highest BCUT2D eigenvalue weighted by Gasteiger charge is 2.31. The van der Waals surface area contributed by atoms with Gasteiger partial charge < -0.3 is 9.47 Å². The number of ether oxygens (including phenoxy) is 2. The van der Waals surface area contributed by atoms with Crippen LogP contribution in [0.15, 0.2) is 24.3 Å². The zero-order chi connectivity index (χ0) is 14.1. The molecular formula is C14H19Br2ClO2. The molecular weight excluding hydrogens is 395 g/mol. The highest BCUT2D eigenvalue weighted by molar-refractivity contribution is 9.09. The van der Waals surface area contributed by atoms with Gasteiger partial charge >= 0.3 is 0 Å². The van der Waals surface area contributed by atoms with E-state index in [1.165, 1.54) is 0 Å². The quantitative estimate of drug-likeness (QED) is 0.440. The summed E-state index contributed by atoms with van der Waals surface area (Å²) in [4.78, 5) is 0. The average Bonchev–Trinajstić information content (AvgIpc) is 2.44. The van der Waals surface area contributed by atoms with Crippen LogP contribution in [-0.2, 0) is 14.9 Å². The zero-order valence-electron chi connectivity index (χ0n) is 11.0. The largest absolute Gasteiger partial charge is 0.382 e. The normalized spacial score (nSPS) is 11.8. The van der Waals surface area contributed by atoms with Crippen LogP contribution >= 0.6 is 43.5 Å². The van der Waals surface area contributed by atoms with E-state index in [1.807, 2.05) is 18.2 Å². The van der Waals surface area contributed by atoms with Crippen LogP contribution in [0.1, 0.15) is 12.0 Å². The highest BCUT2D eigenvalue weighted by Crippen LogP contribution is 2.36. The predicted molar refractivity (Wildman–Crippen MR) is 88.0 cm³/mol. The fraction of sp³-hybridized carbons (Fsp3) is 0.571. The van der Waals surface area contributed by atoms with Crippen LogP contribution in [-0.4, -0.2) is 37.6 Å². The van der Waals surface area contributed by atoms with E-state index in [9.17, 15) is 0 Å². The summed E-state index contributed by atoms with van der Waals surface area (Å²) in [6.45, 7) is 1.94. The molecule has 0 bridgehead atoms. The number of hydrogen-bond acceptors (Lipinski definition) is 2. The molecule has 1 aromatic rings. The van der Waals surface area contributed by atoms with Gasteiger partial charge in [0, 0.05) is 34.8 Å². The third kappa shape index (κ3) is 5.01. The van der Waals surface area contributed by atoms with Crippen molar-refractivity contribution < 1.29 is 9.47 Å². The van der Waals surface area contributed by atoms with Crippen LogP contribution in [0.3, 0.4) is 0 Å². The molecule has 0 fully saturated rings. The second-order valence-corrected chi connectivity index (χ2v) is 5.91. The van der Waals surface area contributed by atoms with E-state index in [4.69, 9.17) is 21.1 Å². The van der Waals surface area contributed by atoms with Crippen LogP contribution in [0.4, 0.5) is 0 Å². The van der Waals surface area contributed by atoms with E-state index in [0.717, 1.165) is 27.7 Å². The molecule has 19 heavy (non-hydrogen) atoms. The van der Waals surface area contributed by atoms with Crippen LogP contribution in [0.25, 0.3) is 0 Å². The van der Waals surface area contributed by atoms with Gasteiger partial charge in [0.1, 0.15) is 0 Å². The minimum absolute atomic E-state index is 0.0502. The second-order valence-electron chi connectivity index (χ2n) is 4.38. The molecule has 0 atom stereocenters. The second kappa shape index (κ2) is 9.35. The predicted octanol–water partition coefficient (Wildman–Crippen LogP) is 4.42. The number of hydrogen-bond donors (Lipinski definition) is 0. The van der Waals surface area contributed by atoms with E-state index >= 15 is 0 Å². The van der Waals surface area contributed by atoms with Gasteiger partial charge in [-0.05, 0) is 18.1 Å². The van der Waals surface area contributed by atoms with Crippen molar-refractivity contribution in [2.75, 3.05) is 37.6 Å². The van der Waals surface area contributed by atoms with Crippen molar-refractivity contribution in [2.45, 2.75) is 11.8 Å². The van der Waals surface area contributed by atoms with Gasteiger partial charge in [0.05, 0.1) is 13.2 Å². The number of halogens is 3. The van der Waals surface area contributed by atoms with Gasteiger partial charge in [-0.2, -0.15) is 0 Å². The molecule has 0 unspecified atom stereocenters. The lowest BCUT2D eigenvalue weighted by Crippen LogP contribution is -2.32. The summed E-state index contributed by atoms with van der Waals surface area (Å²) in [6.07, 6.45) is 0.900. The first kappa shape index (κ1) is 17.4. The number of methoxy groups -OCH3 is 1. The molecule has 0 N–H and O–H groups in total. The summed E-state index contributed by atoms with van der Waals surface area (Å²) in [7, 11) is 1.67. The van der Waals surface area contributed by atoms with Gasteiger partial charge in [0.15, 0.2) is 0 Å². The molecule has 5 heteroatoms. The van der Waals surface area contributed by atoms with Gasteiger partial charge in [-0.15, -0.1) is 0 Å². The van der Waals surface area contributed by atoms with Crippen LogP contribution in [0.5, 0.6) is 0 Å². The van der Waals surface area contributed by atoms with Gasteiger partial charge in [-0.3, -0.25) is 0 Å². The molecule has 0 radical (unpaired) electrons. The Kier molecular flexibility index (Phi) is 8.58. The monoisotopic (exact) mass is 412 g/mol. The first-order valence-electron chi connectivity index (χ1n) is 6.14. The molecule has 0 aliphatic heterocycles. The lowest BCUT2D eigenvalue weighted by atomic mass is 9.81. The summed E-state index contributed by atoms with van der Waals surface area (Å²) in [5, 5.41) is 2.48. The van der Waals surface area contributed by atoms with Gasteiger partial charge in [0.2, 0.25) is 0 Å². The van der Waals surface area contributed by atoms with E-state index in [-0.39, 0.29) is 5.41 Å². The maximum Gasteiger partial charge on any atom is 0.0700 e. The van der Waals surface area contributed by atoms with Gasteiger partial charge in [0.25, 0.3) is 0 Å². The Hall–Kier alpha value is 0.390. The molecule has 0 saturated heterocycles. The number of alkyl halides is 2. The fourth-order valence-electron chi connectivity index (χ4n) is 1.85. The Morgan fingerprint density at radius 3 is 2.37 bits per heavy atom. The smallest absolute Gasteiger partial charge is 0.0700 e. The molecule has 0 heterocycles. The maximum atomic E-state index is 6.33. The lowest BCUT2D eigenvalue weighted by molar-refractivity contribution is 0.0635. The molecule has 108 valence electrons. The average molecular weight is 415 g/mol. The molecule has 2 nitrogen and oxygen atoms in total. The Bertz CT molecular complexity index is 370. The van der Waals surface area contributed by atoms with E-state index in [0.29, 0.717) is 19.8 Å². The Labute approximate surface area is 137 Å². The minimum atomic E-state index is -0.0502. The standard InChI is InChI=1S/C14H19Br2ClO2/c1-18-8-9-19-7-6-14(10-15,11-16)12-4-2-3-5-13(12)17/h2-5H,6-11H2,1H3. The van der Waals surface area contributed by atoms with Crippen LogP contribution in [0.2, 0.25) is 5.02 Å². The fourth-order valence-corrected chi connectivity index (χ4v) is 4.28. The van der Waals surface area contributed by atoms with Gasteiger partial charge in [-0.25, -0.2) is 0 Å². The van der Waals surface area contributed by atoms with Gasteiger partial charge in [-0.1, -0.05) is 61.7 Å². The molecule has 1 rings (SSSR count). The summed E-state index contributed by atoms with van der Waals surface area (Å²) in [5.74, 6) is 0. The van der Waals surface area contributed by atoms with E-state index < -0.39 is 0 Å². The minimum Gasteiger partial charge on any atom is -0.382 e. The molecule has 0 aromatic heterocycles. The number of benzene rings is 1. The van der Waals surface area contributed by atoms with Crippen molar-refractivity contribution in [3.05, 3.63) is 34.9 Å². The first-order chi connectivity index (χ1) is 9.20.